The second-order valence-electron chi connectivity index (χ2n) is 9.79. The zero-order valence-electron chi connectivity index (χ0n) is 22.0. The minimum Gasteiger partial charge on any atom is -0.352 e. The molecule has 0 radical (unpaired) electrons. The van der Waals surface area contributed by atoms with E-state index in [9.17, 15) is 18.0 Å². The fourth-order valence-corrected chi connectivity index (χ4v) is 6.45. The molecular formula is C30H34ClN3O4S. The molecule has 9 heteroatoms. The molecule has 206 valence electrons. The van der Waals surface area contributed by atoms with Gasteiger partial charge in [0.25, 0.3) is 10.0 Å². The Labute approximate surface area is 235 Å². The van der Waals surface area contributed by atoms with Crippen LogP contribution in [-0.2, 0) is 26.0 Å². The Bertz CT molecular complexity index is 1360. The molecule has 1 aliphatic rings. The van der Waals surface area contributed by atoms with E-state index >= 15 is 0 Å². The topological polar surface area (TPSA) is 86.8 Å². The number of nitrogens with zero attached hydrogens (tertiary/aromatic N) is 2. The lowest BCUT2D eigenvalue weighted by Crippen LogP contribution is -2.53. The number of hydrogen-bond acceptors (Lipinski definition) is 4. The van der Waals surface area contributed by atoms with Crippen molar-refractivity contribution in [1.29, 1.82) is 0 Å². The lowest BCUT2D eigenvalue weighted by molar-refractivity contribution is -0.139. The van der Waals surface area contributed by atoms with Gasteiger partial charge in [0, 0.05) is 17.6 Å². The normalized spacial score (nSPS) is 14.5. The Morgan fingerprint density at radius 1 is 0.949 bits per heavy atom. The third kappa shape index (κ3) is 7.40. The summed E-state index contributed by atoms with van der Waals surface area (Å²) in [5, 5.41) is 3.42. The average Bonchev–Trinajstić information content (AvgIpc) is 3.45. The van der Waals surface area contributed by atoms with Crippen LogP contribution in [0.2, 0.25) is 5.02 Å². The maximum Gasteiger partial charge on any atom is 0.264 e. The molecule has 1 fully saturated rings. The van der Waals surface area contributed by atoms with Crippen LogP contribution in [0.5, 0.6) is 0 Å². The van der Waals surface area contributed by atoms with Crippen molar-refractivity contribution in [3.63, 3.8) is 0 Å². The Hall–Kier alpha value is -3.36. The molecule has 1 aliphatic carbocycles. The van der Waals surface area contributed by atoms with Crippen molar-refractivity contribution in [3.8, 4) is 0 Å². The summed E-state index contributed by atoms with van der Waals surface area (Å²) in [5.41, 5.74) is 1.29. The van der Waals surface area contributed by atoms with Gasteiger partial charge in [-0.1, -0.05) is 79.0 Å². The molecule has 1 atom stereocenters. The monoisotopic (exact) mass is 567 g/mol. The molecule has 0 bridgehead atoms. The van der Waals surface area contributed by atoms with Gasteiger partial charge in [-0.05, 0) is 62.1 Å². The van der Waals surface area contributed by atoms with Gasteiger partial charge in [0.15, 0.2) is 0 Å². The lowest BCUT2D eigenvalue weighted by Gasteiger charge is -2.32. The van der Waals surface area contributed by atoms with Gasteiger partial charge in [-0.3, -0.25) is 13.9 Å². The highest BCUT2D eigenvalue weighted by Crippen LogP contribution is 2.26. The Morgan fingerprint density at radius 2 is 1.59 bits per heavy atom. The Kier molecular flexibility index (Phi) is 9.64. The minimum absolute atomic E-state index is 0.0561. The van der Waals surface area contributed by atoms with E-state index in [-0.39, 0.29) is 29.1 Å². The molecule has 0 aromatic heterocycles. The van der Waals surface area contributed by atoms with Crippen molar-refractivity contribution in [1.82, 2.24) is 10.2 Å². The van der Waals surface area contributed by atoms with Crippen LogP contribution >= 0.6 is 11.6 Å². The van der Waals surface area contributed by atoms with Gasteiger partial charge in [0.1, 0.15) is 12.6 Å². The smallest absolute Gasteiger partial charge is 0.264 e. The molecule has 3 aromatic rings. The fraction of sp³-hybridized carbons (Fsp3) is 0.333. The third-order valence-electron chi connectivity index (χ3n) is 7.06. The second-order valence-corrected chi connectivity index (χ2v) is 12.1. The number of amides is 2. The molecule has 0 aliphatic heterocycles. The van der Waals surface area contributed by atoms with Crippen LogP contribution in [-0.4, -0.2) is 50.3 Å². The van der Waals surface area contributed by atoms with Gasteiger partial charge in [-0.15, -0.1) is 0 Å². The van der Waals surface area contributed by atoms with Gasteiger partial charge in [0.2, 0.25) is 11.8 Å². The number of halogens is 1. The van der Waals surface area contributed by atoms with Crippen molar-refractivity contribution in [3.05, 3.63) is 95.5 Å². The standard InChI is InChI=1S/C30H34ClN3O4S/c1-23(30(36)32-26-14-8-9-15-26)33(20-19-24-11-4-2-5-12-24)29(35)22-34(27-16-10-13-25(31)21-27)39(37,38)28-17-6-3-7-18-28/h2-7,10-13,16-18,21,23,26H,8-9,14-15,19-20,22H2,1H3,(H,32,36)/t23-/m0/s1. The minimum atomic E-state index is -4.10. The van der Waals surface area contributed by atoms with E-state index in [0.29, 0.717) is 11.4 Å². The van der Waals surface area contributed by atoms with Gasteiger partial charge < -0.3 is 10.2 Å². The van der Waals surface area contributed by atoms with E-state index in [2.05, 4.69) is 5.32 Å². The molecule has 1 saturated carbocycles. The summed E-state index contributed by atoms with van der Waals surface area (Å²) in [7, 11) is -4.10. The van der Waals surface area contributed by atoms with E-state index in [0.717, 1.165) is 35.6 Å². The van der Waals surface area contributed by atoms with E-state index in [1.165, 1.54) is 23.1 Å². The molecule has 0 saturated heterocycles. The predicted octanol–water partition coefficient (Wildman–Crippen LogP) is 5.05. The highest BCUT2D eigenvalue weighted by molar-refractivity contribution is 7.92. The quantitative estimate of drug-likeness (QED) is 0.351. The molecule has 0 unspecified atom stereocenters. The summed E-state index contributed by atoms with van der Waals surface area (Å²) in [6.07, 6.45) is 4.52. The van der Waals surface area contributed by atoms with Crippen LogP contribution in [0.15, 0.2) is 89.8 Å². The van der Waals surface area contributed by atoms with Crippen molar-refractivity contribution >= 4 is 39.1 Å². The third-order valence-corrected chi connectivity index (χ3v) is 9.08. The van der Waals surface area contributed by atoms with Crippen LogP contribution in [0.25, 0.3) is 0 Å². The summed E-state index contributed by atoms with van der Waals surface area (Å²) in [4.78, 5) is 28.7. The fourth-order valence-electron chi connectivity index (χ4n) is 4.84. The van der Waals surface area contributed by atoms with Crippen LogP contribution in [0.1, 0.15) is 38.2 Å². The number of rotatable bonds is 11. The maximum atomic E-state index is 13.9. The van der Waals surface area contributed by atoms with Crippen LogP contribution < -0.4 is 9.62 Å². The number of carbonyl (C=O) groups excluding carboxylic acids is 2. The molecule has 7 nitrogen and oxygen atoms in total. The average molecular weight is 568 g/mol. The molecular weight excluding hydrogens is 534 g/mol. The van der Waals surface area contributed by atoms with E-state index in [4.69, 9.17) is 11.6 Å². The highest BCUT2D eigenvalue weighted by atomic mass is 35.5. The van der Waals surface area contributed by atoms with Crippen LogP contribution in [0, 0.1) is 0 Å². The molecule has 0 heterocycles. The first-order valence-corrected chi connectivity index (χ1v) is 15.0. The summed E-state index contributed by atoms with van der Waals surface area (Å²) in [5.74, 6) is -0.706. The largest absolute Gasteiger partial charge is 0.352 e. The van der Waals surface area contributed by atoms with Crippen LogP contribution in [0.3, 0.4) is 0 Å². The number of hydrogen-bond donors (Lipinski definition) is 1. The molecule has 4 rings (SSSR count). The summed E-state index contributed by atoms with van der Waals surface area (Å²) >= 11 is 6.20. The van der Waals surface area contributed by atoms with Crippen molar-refractivity contribution in [2.24, 2.45) is 0 Å². The van der Waals surface area contributed by atoms with Crippen LogP contribution in [0.4, 0.5) is 5.69 Å². The zero-order chi connectivity index (χ0) is 27.8. The molecule has 3 aromatic carbocycles. The van der Waals surface area contributed by atoms with Gasteiger partial charge in [0.05, 0.1) is 10.6 Å². The first-order valence-electron chi connectivity index (χ1n) is 13.2. The highest BCUT2D eigenvalue weighted by Gasteiger charge is 2.33. The Balaban J connectivity index is 1.63. The number of sulfonamides is 1. The van der Waals surface area contributed by atoms with Gasteiger partial charge in [-0.25, -0.2) is 8.42 Å². The van der Waals surface area contributed by atoms with E-state index < -0.39 is 28.5 Å². The lowest BCUT2D eigenvalue weighted by atomic mass is 10.1. The van der Waals surface area contributed by atoms with Gasteiger partial charge in [-0.2, -0.15) is 0 Å². The van der Waals surface area contributed by atoms with E-state index in [1.807, 2.05) is 30.3 Å². The molecule has 2 amide bonds. The first kappa shape index (κ1) is 28.6. The predicted molar refractivity (Wildman–Crippen MR) is 154 cm³/mol. The summed E-state index contributed by atoms with van der Waals surface area (Å²) in [6, 6.07) is 23.4. The van der Waals surface area contributed by atoms with Crippen molar-refractivity contribution in [2.75, 3.05) is 17.4 Å². The first-order chi connectivity index (χ1) is 18.8. The number of anilines is 1. The molecule has 1 N–H and O–H groups in total. The zero-order valence-corrected chi connectivity index (χ0v) is 23.6. The van der Waals surface area contributed by atoms with Gasteiger partial charge >= 0.3 is 0 Å². The number of carbonyl (C=O) groups is 2. The van der Waals surface area contributed by atoms with E-state index in [1.54, 1.807) is 43.3 Å². The number of nitrogens with one attached hydrogen (secondary N) is 1. The molecule has 39 heavy (non-hydrogen) atoms. The maximum absolute atomic E-state index is 13.9. The summed E-state index contributed by atoms with van der Waals surface area (Å²) in [6.45, 7) is 1.48. The van der Waals surface area contributed by atoms with Crippen molar-refractivity contribution < 1.29 is 18.0 Å². The SMILES string of the molecule is C[C@@H](C(=O)NC1CCCC1)N(CCc1ccccc1)C(=O)CN(c1cccc(Cl)c1)S(=O)(=O)c1ccccc1. The van der Waals surface area contributed by atoms with Crippen molar-refractivity contribution in [2.45, 2.75) is 56.0 Å². The number of benzene rings is 3. The Morgan fingerprint density at radius 3 is 2.23 bits per heavy atom. The molecule has 0 spiro atoms. The second kappa shape index (κ2) is 13.1. The summed E-state index contributed by atoms with van der Waals surface area (Å²) < 4.78 is 28.6.